The number of aromatic nitrogens is 2. The van der Waals surface area contributed by atoms with Crippen molar-refractivity contribution in [1.82, 2.24) is 30.0 Å². The van der Waals surface area contributed by atoms with Crippen LogP contribution in [0.3, 0.4) is 0 Å². The fraction of sp³-hybridized carbons (Fsp3) is 0.390. The van der Waals surface area contributed by atoms with Crippen LogP contribution in [0.2, 0.25) is 0 Å². The van der Waals surface area contributed by atoms with E-state index in [1.165, 1.54) is 18.3 Å². The number of halogens is 3. The van der Waals surface area contributed by atoms with Crippen LogP contribution in [0.1, 0.15) is 63.9 Å². The largest absolute Gasteiger partial charge is 0.416 e. The van der Waals surface area contributed by atoms with E-state index in [2.05, 4.69) is 35.3 Å². The molecule has 4 heterocycles. The van der Waals surface area contributed by atoms with Crippen LogP contribution < -0.4 is 15.5 Å². The van der Waals surface area contributed by atoms with Gasteiger partial charge in [0.2, 0.25) is 5.91 Å². The Morgan fingerprint density at radius 2 is 1.62 bits per heavy atom. The molecule has 6 rings (SSSR count). The Balaban J connectivity index is 1.15. The summed E-state index contributed by atoms with van der Waals surface area (Å²) < 4.78 is 39.7. The highest BCUT2D eigenvalue weighted by Crippen LogP contribution is 2.33. The third-order valence-electron chi connectivity index (χ3n) is 10.1. The molecule has 2 aliphatic rings. The first-order chi connectivity index (χ1) is 26.4. The molecule has 4 aromatic rings. The molecule has 2 fully saturated rings. The summed E-state index contributed by atoms with van der Waals surface area (Å²) in [5.74, 6) is -0.754. The number of carbonyl (C=O) groups is 3. The van der Waals surface area contributed by atoms with Crippen molar-refractivity contribution in [2.45, 2.75) is 45.5 Å². The maximum atomic E-state index is 13.7. The Morgan fingerprint density at radius 3 is 2.36 bits per heavy atom. The topological polar surface area (TPSA) is 114 Å². The summed E-state index contributed by atoms with van der Waals surface area (Å²) >= 11 is 0. The Bertz CT molecular complexity index is 1980. The maximum Gasteiger partial charge on any atom is 0.416 e. The summed E-state index contributed by atoms with van der Waals surface area (Å²) in [5.41, 5.74) is 3.35. The molecule has 3 amide bonds. The number of nitrogens with one attached hydrogen (secondary N) is 2. The lowest BCUT2D eigenvalue weighted by atomic mass is 10.0. The molecular weight excluding hydrogens is 709 g/mol. The minimum atomic E-state index is -4.48. The Labute approximate surface area is 319 Å². The highest BCUT2D eigenvalue weighted by molar-refractivity contribution is 6.05. The number of nitrogens with zero attached hydrogens (tertiary/aromatic N) is 6. The smallest absolute Gasteiger partial charge is 0.372 e. The Kier molecular flexibility index (Phi) is 12.8. The molecule has 2 aromatic heterocycles. The predicted octanol–water partition coefficient (Wildman–Crippen LogP) is 5.93. The zero-order chi connectivity index (χ0) is 39.0. The second-order valence-corrected chi connectivity index (χ2v) is 14.1. The number of alkyl halides is 3. The summed E-state index contributed by atoms with van der Waals surface area (Å²) in [4.78, 5) is 56.5. The number of carbonyl (C=O) groups excluding carboxylic acids is 3. The average Bonchev–Trinajstić information content (AvgIpc) is 3.19. The van der Waals surface area contributed by atoms with Crippen LogP contribution in [0.25, 0.3) is 11.3 Å². The number of anilines is 2. The van der Waals surface area contributed by atoms with E-state index >= 15 is 0 Å². The molecule has 0 atom stereocenters. The second kappa shape index (κ2) is 17.9. The number of pyridine rings is 2. The number of likely N-dealkylation sites (N-methyl/N-ethyl adjacent to an activating group) is 1. The van der Waals surface area contributed by atoms with Crippen LogP contribution in [0, 0.1) is 0 Å². The molecule has 2 N–H and O–H groups in total. The molecule has 290 valence electrons. The highest BCUT2D eigenvalue weighted by Gasteiger charge is 2.30. The van der Waals surface area contributed by atoms with Crippen molar-refractivity contribution in [2.75, 3.05) is 69.6 Å². The van der Waals surface area contributed by atoms with Crippen molar-refractivity contribution in [3.63, 3.8) is 0 Å². The molecule has 2 aromatic carbocycles. The van der Waals surface area contributed by atoms with Crippen LogP contribution in [0.4, 0.5) is 24.5 Å². The zero-order valence-corrected chi connectivity index (χ0v) is 31.2. The van der Waals surface area contributed by atoms with E-state index < -0.39 is 23.6 Å². The van der Waals surface area contributed by atoms with Crippen LogP contribution >= 0.6 is 0 Å². The lowest BCUT2D eigenvalue weighted by Gasteiger charge is -2.34. The van der Waals surface area contributed by atoms with E-state index in [9.17, 15) is 27.6 Å². The molecule has 2 saturated heterocycles. The van der Waals surface area contributed by atoms with Crippen LogP contribution in [0.5, 0.6) is 0 Å². The van der Waals surface area contributed by atoms with Gasteiger partial charge in [-0.2, -0.15) is 13.2 Å². The van der Waals surface area contributed by atoms with E-state index in [1.54, 1.807) is 25.1 Å². The van der Waals surface area contributed by atoms with Gasteiger partial charge in [-0.3, -0.25) is 29.2 Å². The quantitative estimate of drug-likeness (QED) is 0.183. The van der Waals surface area contributed by atoms with Gasteiger partial charge in [-0.25, -0.2) is 4.98 Å². The fourth-order valence-corrected chi connectivity index (χ4v) is 6.90. The zero-order valence-electron chi connectivity index (χ0n) is 31.2. The molecule has 0 saturated carbocycles. The summed E-state index contributed by atoms with van der Waals surface area (Å²) in [5, 5.41) is 5.74. The minimum Gasteiger partial charge on any atom is -0.372 e. The van der Waals surface area contributed by atoms with Crippen molar-refractivity contribution >= 4 is 29.1 Å². The third-order valence-corrected chi connectivity index (χ3v) is 10.1. The summed E-state index contributed by atoms with van der Waals surface area (Å²) in [6.45, 7) is 8.71. The molecule has 55 heavy (non-hydrogen) atoms. The third kappa shape index (κ3) is 10.7. The van der Waals surface area contributed by atoms with Gasteiger partial charge in [0.15, 0.2) is 0 Å². The first-order valence-corrected chi connectivity index (χ1v) is 18.7. The van der Waals surface area contributed by atoms with Crippen LogP contribution in [-0.2, 0) is 24.1 Å². The predicted molar refractivity (Wildman–Crippen MR) is 206 cm³/mol. The van der Waals surface area contributed by atoms with Crippen molar-refractivity contribution in [2.24, 2.45) is 0 Å². The van der Waals surface area contributed by atoms with Crippen molar-refractivity contribution < 1.29 is 27.6 Å². The van der Waals surface area contributed by atoms with E-state index in [4.69, 9.17) is 0 Å². The molecule has 14 heteroatoms. The number of amides is 3. The van der Waals surface area contributed by atoms with Gasteiger partial charge < -0.3 is 20.4 Å². The molecule has 2 aliphatic heterocycles. The normalized spacial score (nSPS) is 15.2. The van der Waals surface area contributed by atoms with Gasteiger partial charge in [-0.15, -0.1) is 0 Å². The molecule has 0 bridgehead atoms. The number of hydrogen-bond donors (Lipinski definition) is 2. The molecular formula is C41H47F3N8O3. The van der Waals surface area contributed by atoms with Gasteiger partial charge >= 0.3 is 6.18 Å². The summed E-state index contributed by atoms with van der Waals surface area (Å²) in [7, 11) is 2.02. The van der Waals surface area contributed by atoms with Gasteiger partial charge in [0.05, 0.1) is 22.6 Å². The van der Waals surface area contributed by atoms with Crippen molar-refractivity contribution in [1.29, 1.82) is 0 Å². The summed E-state index contributed by atoms with van der Waals surface area (Å²) in [6.07, 6.45) is 0.326. The monoisotopic (exact) mass is 756 g/mol. The van der Waals surface area contributed by atoms with E-state index in [-0.39, 0.29) is 23.7 Å². The second-order valence-electron chi connectivity index (χ2n) is 14.1. The van der Waals surface area contributed by atoms with Gasteiger partial charge in [0.1, 0.15) is 5.69 Å². The number of rotatable bonds is 12. The van der Waals surface area contributed by atoms with Crippen molar-refractivity contribution in [3.05, 3.63) is 107 Å². The number of piperidine rings is 1. The maximum absolute atomic E-state index is 13.7. The SMILES string of the molecule is CC(=O)N1CCN(CCN(C)Cc2cccc(C(=O)Nc3ccc(N4CCCCC4)cc3-c3cc(C(=O)NCc4cccc(C(F)(F)F)c4)ccn3)n2)CC1. The van der Waals surface area contributed by atoms with Gasteiger partial charge in [0.25, 0.3) is 11.8 Å². The number of piperazine rings is 1. The fourth-order valence-electron chi connectivity index (χ4n) is 6.90. The minimum absolute atomic E-state index is 0.0897. The molecule has 11 nitrogen and oxygen atoms in total. The molecule has 0 radical (unpaired) electrons. The standard InChI is InChI=1S/C41H47F3N8O3/c1-29(53)51-22-20-50(21-23-51)19-18-49(2)28-33-10-7-11-37(47-33)40(55)48-36-13-12-34(52-16-4-3-5-17-52)26-35(36)38-25-31(14-15-45-38)39(54)46-27-30-8-6-9-32(24-30)41(42,43)44/h6-15,24-26H,3-5,16-23,27-28H2,1-2H3,(H,46,54)(H,48,55). The number of hydrogen-bond acceptors (Lipinski definition) is 8. The van der Waals surface area contributed by atoms with Gasteiger partial charge in [-0.05, 0) is 86.5 Å². The Morgan fingerprint density at radius 1 is 0.855 bits per heavy atom. The van der Waals surface area contributed by atoms with E-state index in [1.807, 2.05) is 42.3 Å². The average molecular weight is 757 g/mol. The molecule has 0 aliphatic carbocycles. The van der Waals surface area contributed by atoms with Crippen LogP contribution in [0.15, 0.2) is 79.0 Å². The lowest BCUT2D eigenvalue weighted by Crippen LogP contribution is -2.49. The lowest BCUT2D eigenvalue weighted by molar-refractivity contribution is -0.137. The van der Waals surface area contributed by atoms with Gasteiger partial charge in [0, 0.05) is 95.4 Å². The first kappa shape index (κ1) is 39.4. The molecule has 0 spiro atoms. The first-order valence-electron chi connectivity index (χ1n) is 18.7. The van der Waals surface area contributed by atoms with Gasteiger partial charge in [-0.1, -0.05) is 18.2 Å². The highest BCUT2D eigenvalue weighted by atomic mass is 19.4. The Hall–Kier alpha value is -5.34. The van der Waals surface area contributed by atoms with Crippen molar-refractivity contribution in [3.8, 4) is 11.3 Å². The molecule has 0 unspecified atom stereocenters. The summed E-state index contributed by atoms with van der Waals surface area (Å²) in [6, 6.07) is 19.2. The van der Waals surface area contributed by atoms with E-state index in [0.717, 1.165) is 95.1 Å². The van der Waals surface area contributed by atoms with E-state index in [0.29, 0.717) is 29.1 Å². The number of benzene rings is 2. The van der Waals surface area contributed by atoms with Crippen LogP contribution in [-0.4, -0.2) is 102 Å².